The number of carbonyl (C=O) groups excluding carboxylic acids is 1. The minimum atomic E-state index is 0.0872. The van der Waals surface area contributed by atoms with Crippen LogP contribution in [0.4, 0.5) is 0 Å². The summed E-state index contributed by atoms with van der Waals surface area (Å²) in [4.78, 5) is 11.4. The Morgan fingerprint density at radius 2 is 1.89 bits per heavy atom. The number of rotatable bonds is 8. The van der Waals surface area contributed by atoms with E-state index in [0.717, 1.165) is 22.7 Å². The molecule has 140 valence electrons. The molecule has 0 bridgehead atoms. The molecule has 0 N–H and O–H groups in total. The average Bonchev–Trinajstić information content (AvgIpc) is 3.11. The highest BCUT2D eigenvalue weighted by atomic mass is 32.2. The van der Waals surface area contributed by atoms with Crippen LogP contribution in [0.15, 0.2) is 53.7 Å². The number of ketones is 1. The first-order valence-corrected chi connectivity index (χ1v) is 9.56. The molecule has 0 atom stereocenters. The van der Waals surface area contributed by atoms with Crippen LogP contribution in [-0.2, 0) is 4.79 Å². The van der Waals surface area contributed by atoms with Gasteiger partial charge in [-0.3, -0.25) is 9.36 Å². The third-order valence-electron chi connectivity index (χ3n) is 3.77. The van der Waals surface area contributed by atoms with Crippen molar-refractivity contribution in [1.82, 2.24) is 14.8 Å². The second-order valence-electron chi connectivity index (χ2n) is 5.79. The molecule has 0 unspecified atom stereocenters. The number of hydrogen-bond acceptors (Lipinski definition) is 6. The SMILES string of the molecule is CCOc1ccc(-n2c(SCC(C)=O)nnc2-c2cccc(OC)c2)cc1. The van der Waals surface area contributed by atoms with Crippen molar-refractivity contribution >= 4 is 17.5 Å². The summed E-state index contributed by atoms with van der Waals surface area (Å²) in [6.07, 6.45) is 0. The topological polar surface area (TPSA) is 66.2 Å². The van der Waals surface area contributed by atoms with Crippen LogP contribution < -0.4 is 9.47 Å². The maximum absolute atomic E-state index is 11.4. The Morgan fingerprint density at radius 3 is 2.56 bits per heavy atom. The number of ether oxygens (including phenoxy) is 2. The third kappa shape index (κ3) is 4.49. The van der Waals surface area contributed by atoms with E-state index in [2.05, 4.69) is 10.2 Å². The lowest BCUT2D eigenvalue weighted by Crippen LogP contribution is -2.02. The van der Waals surface area contributed by atoms with Gasteiger partial charge in [0.15, 0.2) is 11.0 Å². The molecule has 0 aliphatic rings. The van der Waals surface area contributed by atoms with Gasteiger partial charge in [-0.15, -0.1) is 10.2 Å². The summed E-state index contributed by atoms with van der Waals surface area (Å²) in [5, 5.41) is 9.34. The average molecular weight is 383 g/mol. The molecular formula is C20H21N3O3S. The van der Waals surface area contributed by atoms with Crippen LogP contribution in [0, 0.1) is 0 Å². The van der Waals surface area contributed by atoms with Crippen LogP contribution in [0.2, 0.25) is 0 Å². The molecule has 3 rings (SSSR count). The Bertz CT molecular complexity index is 922. The number of hydrogen-bond donors (Lipinski definition) is 0. The molecule has 0 fully saturated rings. The fourth-order valence-corrected chi connectivity index (χ4v) is 3.32. The van der Waals surface area contributed by atoms with Crippen molar-refractivity contribution < 1.29 is 14.3 Å². The normalized spacial score (nSPS) is 10.6. The van der Waals surface area contributed by atoms with E-state index in [-0.39, 0.29) is 5.78 Å². The summed E-state index contributed by atoms with van der Waals surface area (Å²) in [5.74, 6) is 2.66. The fourth-order valence-electron chi connectivity index (χ4n) is 2.57. The molecule has 27 heavy (non-hydrogen) atoms. The van der Waals surface area contributed by atoms with Crippen molar-refractivity contribution in [2.24, 2.45) is 0 Å². The second-order valence-corrected chi connectivity index (χ2v) is 6.73. The van der Waals surface area contributed by atoms with E-state index in [9.17, 15) is 4.79 Å². The van der Waals surface area contributed by atoms with Gasteiger partial charge in [-0.2, -0.15) is 0 Å². The highest BCUT2D eigenvalue weighted by Crippen LogP contribution is 2.30. The van der Waals surface area contributed by atoms with Crippen LogP contribution in [0.1, 0.15) is 13.8 Å². The first-order valence-electron chi connectivity index (χ1n) is 8.57. The predicted molar refractivity (Wildman–Crippen MR) is 106 cm³/mol. The molecule has 0 aliphatic carbocycles. The maximum Gasteiger partial charge on any atom is 0.196 e. The quantitative estimate of drug-likeness (QED) is 0.547. The Balaban J connectivity index is 2.06. The van der Waals surface area contributed by atoms with Gasteiger partial charge >= 0.3 is 0 Å². The maximum atomic E-state index is 11.4. The number of nitrogens with zero attached hydrogens (tertiary/aromatic N) is 3. The fraction of sp³-hybridized carbons (Fsp3) is 0.250. The van der Waals surface area contributed by atoms with Crippen molar-refractivity contribution in [3.05, 3.63) is 48.5 Å². The van der Waals surface area contributed by atoms with Crippen LogP contribution in [-0.4, -0.2) is 40.0 Å². The zero-order chi connectivity index (χ0) is 19.2. The number of benzene rings is 2. The van der Waals surface area contributed by atoms with Gasteiger partial charge in [0.1, 0.15) is 17.3 Å². The van der Waals surface area contributed by atoms with Crippen LogP contribution in [0.25, 0.3) is 17.1 Å². The minimum absolute atomic E-state index is 0.0872. The van der Waals surface area contributed by atoms with E-state index in [0.29, 0.717) is 23.3 Å². The molecule has 0 saturated heterocycles. The highest BCUT2D eigenvalue weighted by Gasteiger charge is 2.17. The van der Waals surface area contributed by atoms with E-state index >= 15 is 0 Å². The second kappa shape index (κ2) is 8.73. The summed E-state index contributed by atoms with van der Waals surface area (Å²) < 4.78 is 12.8. The molecule has 6 nitrogen and oxygen atoms in total. The van der Waals surface area contributed by atoms with Gasteiger partial charge in [-0.05, 0) is 50.2 Å². The summed E-state index contributed by atoms with van der Waals surface area (Å²) in [7, 11) is 1.63. The lowest BCUT2D eigenvalue weighted by atomic mass is 10.2. The number of thioether (sulfide) groups is 1. The van der Waals surface area contributed by atoms with E-state index in [1.54, 1.807) is 14.0 Å². The molecular weight excluding hydrogens is 362 g/mol. The molecule has 7 heteroatoms. The van der Waals surface area contributed by atoms with Gasteiger partial charge in [0.05, 0.1) is 19.5 Å². The number of methoxy groups -OCH3 is 1. The van der Waals surface area contributed by atoms with Crippen LogP contribution in [0.5, 0.6) is 11.5 Å². The first kappa shape index (κ1) is 19.0. The Morgan fingerprint density at radius 1 is 1.11 bits per heavy atom. The van der Waals surface area contributed by atoms with Crippen molar-refractivity contribution in [2.75, 3.05) is 19.5 Å². The zero-order valence-electron chi connectivity index (χ0n) is 15.5. The Hall–Kier alpha value is -2.80. The lowest BCUT2D eigenvalue weighted by molar-refractivity contribution is -0.114. The van der Waals surface area contributed by atoms with Gasteiger partial charge in [0.25, 0.3) is 0 Å². The Labute approximate surface area is 162 Å². The van der Waals surface area contributed by atoms with Crippen LogP contribution >= 0.6 is 11.8 Å². The van der Waals surface area contributed by atoms with E-state index < -0.39 is 0 Å². The monoisotopic (exact) mass is 383 g/mol. The first-order chi connectivity index (χ1) is 13.1. The summed E-state index contributed by atoms with van der Waals surface area (Å²) in [6.45, 7) is 4.12. The molecule has 0 aliphatic heterocycles. The van der Waals surface area contributed by atoms with Crippen molar-refractivity contribution in [3.8, 4) is 28.6 Å². The molecule has 0 radical (unpaired) electrons. The Kier molecular flexibility index (Phi) is 6.13. The molecule has 1 heterocycles. The van der Waals surface area contributed by atoms with Gasteiger partial charge in [-0.25, -0.2) is 0 Å². The summed E-state index contributed by atoms with van der Waals surface area (Å²) in [5.41, 5.74) is 1.78. The molecule has 3 aromatic rings. The van der Waals surface area contributed by atoms with Gasteiger partial charge in [0, 0.05) is 11.3 Å². The number of aromatic nitrogens is 3. The van der Waals surface area contributed by atoms with Gasteiger partial charge in [-0.1, -0.05) is 23.9 Å². The predicted octanol–water partition coefficient (Wildman–Crippen LogP) is 4.02. The molecule has 0 spiro atoms. The minimum Gasteiger partial charge on any atom is -0.497 e. The van der Waals surface area contributed by atoms with Crippen molar-refractivity contribution in [2.45, 2.75) is 19.0 Å². The molecule has 0 saturated carbocycles. The number of Topliss-reactive ketones (excluding diaryl/α,β-unsaturated/α-hetero) is 1. The van der Waals surface area contributed by atoms with Crippen LogP contribution in [0.3, 0.4) is 0 Å². The molecule has 1 aromatic heterocycles. The lowest BCUT2D eigenvalue weighted by Gasteiger charge is -2.11. The summed E-state index contributed by atoms with van der Waals surface area (Å²) in [6, 6.07) is 15.4. The molecule has 2 aromatic carbocycles. The van der Waals surface area contributed by atoms with Gasteiger partial charge < -0.3 is 9.47 Å². The van der Waals surface area contributed by atoms with E-state index in [1.165, 1.54) is 11.8 Å². The highest BCUT2D eigenvalue weighted by molar-refractivity contribution is 7.99. The molecule has 0 amide bonds. The zero-order valence-corrected chi connectivity index (χ0v) is 16.3. The number of carbonyl (C=O) groups is 1. The largest absolute Gasteiger partial charge is 0.497 e. The van der Waals surface area contributed by atoms with E-state index in [1.807, 2.05) is 60.0 Å². The smallest absolute Gasteiger partial charge is 0.196 e. The standard InChI is InChI=1S/C20H21N3O3S/c1-4-26-17-10-8-16(9-11-17)23-19(15-6-5-7-18(12-15)25-3)21-22-20(23)27-13-14(2)24/h5-12H,4,13H2,1-3H3. The summed E-state index contributed by atoms with van der Waals surface area (Å²) >= 11 is 1.37. The van der Waals surface area contributed by atoms with Gasteiger partial charge in [0.2, 0.25) is 0 Å². The van der Waals surface area contributed by atoms with E-state index in [4.69, 9.17) is 9.47 Å². The van der Waals surface area contributed by atoms with Crippen molar-refractivity contribution in [3.63, 3.8) is 0 Å². The van der Waals surface area contributed by atoms with Crippen molar-refractivity contribution in [1.29, 1.82) is 0 Å². The third-order valence-corrected chi connectivity index (χ3v) is 4.85.